The SMILES string of the molecule is CCc1nc(C2CCCN2C(=O)CC2CCCCN2C(C)=O)no1. The van der Waals surface area contributed by atoms with Gasteiger partial charge >= 0.3 is 0 Å². The molecule has 0 aromatic carbocycles. The van der Waals surface area contributed by atoms with Crippen molar-refractivity contribution in [3.8, 4) is 0 Å². The standard InChI is InChI=1S/C17H26N4O3/c1-3-15-18-17(19-24-15)14-8-6-10-21(14)16(23)11-13-7-4-5-9-20(13)12(2)22/h13-14H,3-11H2,1-2H3. The van der Waals surface area contributed by atoms with E-state index < -0.39 is 0 Å². The van der Waals surface area contributed by atoms with Crippen molar-refractivity contribution in [3.63, 3.8) is 0 Å². The van der Waals surface area contributed by atoms with Crippen LogP contribution in [0.25, 0.3) is 0 Å². The maximum Gasteiger partial charge on any atom is 0.226 e. The minimum Gasteiger partial charge on any atom is -0.339 e. The van der Waals surface area contributed by atoms with Gasteiger partial charge in [0, 0.05) is 38.9 Å². The molecule has 2 atom stereocenters. The molecule has 0 radical (unpaired) electrons. The Morgan fingerprint density at radius 2 is 1.96 bits per heavy atom. The van der Waals surface area contributed by atoms with E-state index in [2.05, 4.69) is 10.1 Å². The third-order valence-electron chi connectivity index (χ3n) is 5.10. The Kier molecular flexibility index (Phi) is 5.16. The summed E-state index contributed by atoms with van der Waals surface area (Å²) >= 11 is 0. The van der Waals surface area contributed by atoms with Crippen LogP contribution in [0.2, 0.25) is 0 Å². The van der Waals surface area contributed by atoms with E-state index in [1.54, 1.807) is 6.92 Å². The highest BCUT2D eigenvalue weighted by molar-refractivity contribution is 5.79. The number of likely N-dealkylation sites (tertiary alicyclic amines) is 2. The molecule has 7 heteroatoms. The van der Waals surface area contributed by atoms with Crippen molar-refractivity contribution in [2.75, 3.05) is 13.1 Å². The normalized spacial score (nSPS) is 24.4. The van der Waals surface area contributed by atoms with Gasteiger partial charge in [-0.05, 0) is 32.1 Å². The van der Waals surface area contributed by atoms with Crippen LogP contribution >= 0.6 is 0 Å². The van der Waals surface area contributed by atoms with Gasteiger partial charge in [-0.3, -0.25) is 9.59 Å². The number of carbonyl (C=O) groups is 2. The summed E-state index contributed by atoms with van der Waals surface area (Å²) < 4.78 is 5.20. The van der Waals surface area contributed by atoms with Crippen molar-refractivity contribution in [1.82, 2.24) is 19.9 Å². The molecule has 2 unspecified atom stereocenters. The van der Waals surface area contributed by atoms with Gasteiger partial charge in [0.05, 0.1) is 6.04 Å². The van der Waals surface area contributed by atoms with Crippen molar-refractivity contribution in [2.45, 2.75) is 70.9 Å². The van der Waals surface area contributed by atoms with E-state index in [1.807, 2.05) is 16.7 Å². The molecule has 0 N–H and O–H groups in total. The van der Waals surface area contributed by atoms with Crippen LogP contribution in [0.5, 0.6) is 0 Å². The summed E-state index contributed by atoms with van der Waals surface area (Å²) in [4.78, 5) is 32.8. The fraction of sp³-hybridized carbons (Fsp3) is 0.765. The summed E-state index contributed by atoms with van der Waals surface area (Å²) in [5.74, 6) is 1.39. The first-order chi connectivity index (χ1) is 11.6. The molecule has 2 aliphatic rings. The number of carbonyl (C=O) groups excluding carboxylic acids is 2. The van der Waals surface area contributed by atoms with Crippen LogP contribution in [-0.4, -0.2) is 50.9 Å². The Balaban J connectivity index is 1.68. The van der Waals surface area contributed by atoms with E-state index in [1.165, 1.54) is 0 Å². The van der Waals surface area contributed by atoms with E-state index in [0.29, 0.717) is 24.6 Å². The van der Waals surface area contributed by atoms with Gasteiger partial charge < -0.3 is 14.3 Å². The molecule has 0 bridgehead atoms. The molecule has 132 valence electrons. The van der Waals surface area contributed by atoms with Crippen LogP contribution in [0.3, 0.4) is 0 Å². The quantitative estimate of drug-likeness (QED) is 0.842. The summed E-state index contributed by atoms with van der Waals surface area (Å²) in [5, 5.41) is 4.05. The summed E-state index contributed by atoms with van der Waals surface area (Å²) in [5.41, 5.74) is 0. The number of amides is 2. The first-order valence-corrected chi connectivity index (χ1v) is 8.99. The number of nitrogens with zero attached hydrogens (tertiary/aromatic N) is 4. The van der Waals surface area contributed by atoms with Crippen LogP contribution in [0.4, 0.5) is 0 Å². The highest BCUT2D eigenvalue weighted by atomic mass is 16.5. The van der Waals surface area contributed by atoms with Crippen molar-refractivity contribution in [1.29, 1.82) is 0 Å². The van der Waals surface area contributed by atoms with Crippen LogP contribution in [-0.2, 0) is 16.0 Å². The Labute approximate surface area is 142 Å². The monoisotopic (exact) mass is 334 g/mol. The highest BCUT2D eigenvalue weighted by Gasteiger charge is 2.35. The molecule has 1 aromatic heterocycles. The zero-order chi connectivity index (χ0) is 17.1. The molecule has 1 aromatic rings. The van der Waals surface area contributed by atoms with E-state index in [-0.39, 0.29) is 23.9 Å². The Morgan fingerprint density at radius 1 is 1.17 bits per heavy atom. The molecular formula is C17H26N4O3. The molecule has 0 aliphatic carbocycles. The molecule has 2 aliphatic heterocycles. The maximum atomic E-state index is 12.8. The second-order valence-electron chi connectivity index (χ2n) is 6.71. The molecule has 24 heavy (non-hydrogen) atoms. The number of aryl methyl sites for hydroxylation is 1. The van der Waals surface area contributed by atoms with Gasteiger partial charge in [-0.2, -0.15) is 4.98 Å². The smallest absolute Gasteiger partial charge is 0.226 e. The Morgan fingerprint density at radius 3 is 2.67 bits per heavy atom. The highest BCUT2D eigenvalue weighted by Crippen LogP contribution is 2.32. The fourth-order valence-electron chi connectivity index (χ4n) is 3.83. The van der Waals surface area contributed by atoms with Gasteiger partial charge in [0.2, 0.25) is 17.7 Å². The number of rotatable bonds is 4. The maximum absolute atomic E-state index is 12.8. The largest absolute Gasteiger partial charge is 0.339 e. The van der Waals surface area contributed by atoms with Crippen molar-refractivity contribution < 1.29 is 14.1 Å². The predicted molar refractivity (Wildman–Crippen MR) is 87.0 cm³/mol. The summed E-state index contributed by atoms with van der Waals surface area (Å²) in [6.45, 7) is 5.05. The molecule has 3 rings (SSSR count). The lowest BCUT2D eigenvalue weighted by Gasteiger charge is -2.36. The molecule has 2 fully saturated rings. The zero-order valence-corrected chi connectivity index (χ0v) is 14.5. The third-order valence-corrected chi connectivity index (χ3v) is 5.10. The Bertz CT molecular complexity index is 600. The lowest BCUT2D eigenvalue weighted by atomic mass is 9.98. The van der Waals surface area contributed by atoms with Gasteiger partial charge in [0.1, 0.15) is 0 Å². The van der Waals surface area contributed by atoms with E-state index in [9.17, 15) is 9.59 Å². The fourth-order valence-corrected chi connectivity index (χ4v) is 3.83. The van der Waals surface area contributed by atoms with Crippen molar-refractivity contribution >= 4 is 11.8 Å². The zero-order valence-electron chi connectivity index (χ0n) is 14.5. The molecule has 2 amide bonds. The number of hydrogen-bond acceptors (Lipinski definition) is 5. The van der Waals surface area contributed by atoms with Crippen molar-refractivity contribution in [2.24, 2.45) is 0 Å². The second-order valence-corrected chi connectivity index (χ2v) is 6.71. The molecule has 3 heterocycles. The average Bonchev–Trinajstić information content (AvgIpc) is 3.23. The van der Waals surface area contributed by atoms with E-state index >= 15 is 0 Å². The first-order valence-electron chi connectivity index (χ1n) is 8.99. The van der Waals surface area contributed by atoms with Gasteiger partial charge in [0.25, 0.3) is 0 Å². The van der Waals surface area contributed by atoms with Crippen LogP contribution < -0.4 is 0 Å². The average molecular weight is 334 g/mol. The number of aromatic nitrogens is 2. The molecule has 7 nitrogen and oxygen atoms in total. The summed E-state index contributed by atoms with van der Waals surface area (Å²) in [6.07, 6.45) is 5.93. The van der Waals surface area contributed by atoms with Gasteiger partial charge in [0.15, 0.2) is 5.82 Å². The van der Waals surface area contributed by atoms with Crippen LogP contribution in [0.15, 0.2) is 4.52 Å². The summed E-state index contributed by atoms with van der Waals surface area (Å²) in [7, 11) is 0. The van der Waals surface area contributed by atoms with E-state index in [4.69, 9.17) is 4.52 Å². The number of piperidine rings is 1. The van der Waals surface area contributed by atoms with Gasteiger partial charge in [-0.1, -0.05) is 12.1 Å². The third kappa shape index (κ3) is 3.44. The minimum absolute atomic E-state index is 0.0291. The second kappa shape index (κ2) is 7.32. The molecular weight excluding hydrogens is 308 g/mol. The molecule has 0 saturated carbocycles. The minimum atomic E-state index is -0.0871. The predicted octanol–water partition coefficient (Wildman–Crippen LogP) is 2.09. The van der Waals surface area contributed by atoms with E-state index in [0.717, 1.165) is 45.2 Å². The lowest BCUT2D eigenvalue weighted by molar-refractivity contribution is -0.137. The topological polar surface area (TPSA) is 79.5 Å². The lowest BCUT2D eigenvalue weighted by Crippen LogP contribution is -2.45. The van der Waals surface area contributed by atoms with Crippen LogP contribution in [0.1, 0.15) is 70.1 Å². The number of hydrogen-bond donors (Lipinski definition) is 0. The molecule has 2 saturated heterocycles. The first kappa shape index (κ1) is 16.9. The molecule has 0 spiro atoms. The van der Waals surface area contributed by atoms with Crippen LogP contribution in [0, 0.1) is 0 Å². The Hall–Kier alpha value is -1.92. The van der Waals surface area contributed by atoms with Gasteiger partial charge in [-0.15, -0.1) is 0 Å². The summed E-state index contributed by atoms with van der Waals surface area (Å²) in [6, 6.07) is -0.0580. The van der Waals surface area contributed by atoms with Crippen molar-refractivity contribution in [3.05, 3.63) is 11.7 Å². The van der Waals surface area contributed by atoms with Gasteiger partial charge in [-0.25, -0.2) is 0 Å².